The lowest BCUT2D eigenvalue weighted by Gasteiger charge is -2.12. The molecular formula is C51H31N5S. The first-order valence-corrected chi connectivity index (χ1v) is 19.9. The lowest BCUT2D eigenvalue weighted by molar-refractivity contribution is 0.995. The van der Waals surface area contributed by atoms with Crippen molar-refractivity contribution in [3.05, 3.63) is 188 Å². The summed E-state index contributed by atoms with van der Waals surface area (Å²) in [6.07, 6.45) is 0. The number of rotatable bonds is 5. The van der Waals surface area contributed by atoms with E-state index in [0.717, 1.165) is 77.7 Å². The first-order valence-electron chi connectivity index (χ1n) is 19.1. The van der Waals surface area contributed by atoms with E-state index < -0.39 is 0 Å². The van der Waals surface area contributed by atoms with Gasteiger partial charge in [0.25, 0.3) is 0 Å². The van der Waals surface area contributed by atoms with Gasteiger partial charge in [0.2, 0.25) is 5.95 Å². The Labute approximate surface area is 331 Å². The van der Waals surface area contributed by atoms with Crippen molar-refractivity contribution in [2.75, 3.05) is 0 Å². The van der Waals surface area contributed by atoms with Gasteiger partial charge in [-0.1, -0.05) is 127 Å². The number of para-hydroxylation sites is 1. The van der Waals surface area contributed by atoms with E-state index in [0.29, 0.717) is 5.95 Å². The molecule has 0 fully saturated rings. The summed E-state index contributed by atoms with van der Waals surface area (Å²) >= 11 is 1.84. The van der Waals surface area contributed by atoms with E-state index in [9.17, 15) is 0 Å². The van der Waals surface area contributed by atoms with E-state index in [2.05, 4.69) is 179 Å². The van der Waals surface area contributed by atoms with E-state index >= 15 is 0 Å². The Morgan fingerprint density at radius 2 is 0.965 bits per heavy atom. The number of hydrogen-bond donors (Lipinski definition) is 0. The van der Waals surface area contributed by atoms with Crippen LogP contribution < -0.4 is 0 Å². The Balaban J connectivity index is 1.14. The maximum Gasteiger partial charge on any atom is 0.235 e. The lowest BCUT2D eigenvalue weighted by Crippen LogP contribution is -2.04. The number of benzene rings is 7. The van der Waals surface area contributed by atoms with Crippen molar-refractivity contribution in [3.63, 3.8) is 0 Å². The Morgan fingerprint density at radius 3 is 1.68 bits per heavy atom. The summed E-state index contributed by atoms with van der Waals surface area (Å²) < 4.78 is 7.19. The average molecular weight is 746 g/mol. The molecule has 7 aromatic carbocycles. The van der Waals surface area contributed by atoms with Crippen LogP contribution in [0.5, 0.6) is 0 Å². The normalized spacial score (nSPS) is 11.9. The highest BCUT2D eigenvalue weighted by atomic mass is 32.1. The van der Waals surface area contributed by atoms with Gasteiger partial charge in [0.1, 0.15) is 0 Å². The number of thiophene rings is 1. The van der Waals surface area contributed by atoms with E-state index in [1.54, 1.807) is 0 Å². The lowest BCUT2D eigenvalue weighted by atomic mass is 10.1. The molecule has 57 heavy (non-hydrogen) atoms. The van der Waals surface area contributed by atoms with Crippen LogP contribution in [0.2, 0.25) is 0 Å². The van der Waals surface area contributed by atoms with Crippen LogP contribution in [0.4, 0.5) is 0 Å². The second-order valence-corrected chi connectivity index (χ2v) is 15.5. The van der Waals surface area contributed by atoms with Gasteiger partial charge in [0, 0.05) is 58.7 Å². The minimum absolute atomic E-state index is 0.634. The molecular weight excluding hydrogens is 715 g/mol. The highest BCUT2D eigenvalue weighted by Crippen LogP contribution is 2.44. The molecule has 5 nitrogen and oxygen atoms in total. The minimum atomic E-state index is 0.634. The van der Waals surface area contributed by atoms with Gasteiger partial charge in [-0.3, -0.25) is 4.57 Å². The summed E-state index contributed by atoms with van der Waals surface area (Å²) in [5, 5.41) is 5.93. The third-order valence-electron chi connectivity index (χ3n) is 11.1. The zero-order valence-corrected chi connectivity index (χ0v) is 31.4. The molecule has 266 valence electrons. The first-order chi connectivity index (χ1) is 28.3. The predicted molar refractivity (Wildman–Crippen MR) is 238 cm³/mol. The van der Waals surface area contributed by atoms with Crippen molar-refractivity contribution in [1.29, 1.82) is 0 Å². The Morgan fingerprint density at radius 1 is 0.368 bits per heavy atom. The fourth-order valence-electron chi connectivity index (χ4n) is 8.57. The van der Waals surface area contributed by atoms with Crippen molar-refractivity contribution in [1.82, 2.24) is 24.1 Å². The predicted octanol–water partition coefficient (Wildman–Crippen LogP) is 13.4. The van der Waals surface area contributed by atoms with Crippen LogP contribution in [0.25, 0.3) is 109 Å². The second-order valence-electron chi connectivity index (χ2n) is 14.4. The van der Waals surface area contributed by atoms with Crippen molar-refractivity contribution < 1.29 is 0 Å². The van der Waals surface area contributed by atoms with Crippen LogP contribution in [0, 0.1) is 0 Å². The zero-order valence-electron chi connectivity index (χ0n) is 30.5. The van der Waals surface area contributed by atoms with Crippen LogP contribution in [0.1, 0.15) is 0 Å². The molecule has 0 N–H and O–H groups in total. The van der Waals surface area contributed by atoms with Gasteiger partial charge in [0.05, 0.1) is 44.7 Å². The molecule has 0 amide bonds. The highest BCUT2D eigenvalue weighted by Gasteiger charge is 2.22. The van der Waals surface area contributed by atoms with Crippen molar-refractivity contribution in [3.8, 4) is 45.4 Å². The van der Waals surface area contributed by atoms with Crippen LogP contribution >= 0.6 is 11.3 Å². The maximum absolute atomic E-state index is 5.38. The monoisotopic (exact) mass is 745 g/mol. The summed E-state index contributed by atoms with van der Waals surface area (Å²) in [6, 6.07) is 66.4. The second kappa shape index (κ2) is 12.6. The average Bonchev–Trinajstić information content (AvgIpc) is 3.94. The fraction of sp³-hybridized carbons (Fsp3) is 0. The molecule has 0 atom stereocenters. The molecule has 5 heterocycles. The summed E-state index contributed by atoms with van der Waals surface area (Å²) in [6.45, 7) is 0. The molecule has 0 aliphatic heterocycles. The number of pyridine rings is 1. The summed E-state index contributed by atoms with van der Waals surface area (Å²) in [5.41, 5.74) is 12.3. The third kappa shape index (κ3) is 4.98. The number of aromatic nitrogens is 5. The van der Waals surface area contributed by atoms with Gasteiger partial charge in [-0.05, 0) is 60.7 Å². The minimum Gasteiger partial charge on any atom is -0.307 e. The molecule has 12 rings (SSSR count). The molecule has 12 aromatic rings. The summed E-state index contributed by atoms with van der Waals surface area (Å²) in [7, 11) is 0. The van der Waals surface area contributed by atoms with E-state index in [1.807, 2.05) is 29.5 Å². The molecule has 0 saturated carbocycles. The Hall–Kier alpha value is -7.41. The topological polar surface area (TPSA) is 48.5 Å². The molecule has 0 saturated heterocycles. The van der Waals surface area contributed by atoms with Gasteiger partial charge in [-0.2, -0.15) is 0 Å². The molecule has 6 heteroatoms. The molecule has 0 bridgehead atoms. The van der Waals surface area contributed by atoms with E-state index in [1.165, 1.54) is 25.7 Å². The number of nitrogens with zero attached hydrogens (tertiary/aromatic N) is 5. The summed E-state index contributed by atoms with van der Waals surface area (Å²) in [4.78, 5) is 15.9. The zero-order chi connectivity index (χ0) is 37.5. The van der Waals surface area contributed by atoms with Crippen LogP contribution in [0.3, 0.4) is 0 Å². The Kier molecular flexibility index (Phi) is 7.03. The molecule has 0 radical (unpaired) electrons. The van der Waals surface area contributed by atoms with Crippen molar-refractivity contribution in [2.24, 2.45) is 0 Å². The van der Waals surface area contributed by atoms with Crippen LogP contribution in [-0.4, -0.2) is 24.1 Å². The number of fused-ring (bicyclic) bond motifs is 10. The van der Waals surface area contributed by atoms with Gasteiger partial charge in [-0.25, -0.2) is 15.0 Å². The van der Waals surface area contributed by atoms with Crippen LogP contribution in [0.15, 0.2) is 188 Å². The Bertz CT molecular complexity index is 3450. The largest absolute Gasteiger partial charge is 0.307 e. The third-order valence-corrected chi connectivity index (χ3v) is 12.3. The quantitative estimate of drug-likeness (QED) is 0.176. The highest BCUT2D eigenvalue weighted by molar-refractivity contribution is 7.26. The van der Waals surface area contributed by atoms with Gasteiger partial charge < -0.3 is 4.57 Å². The maximum atomic E-state index is 5.38. The standard InChI is InChI=1S/C51H31N5S/c1-4-14-32(15-5-1)40-26-28-45-49(52-40)38-25-29-47-48(37-21-11-13-23-46(37)57-47)50(38)55(45)35-24-27-44-39(30-35)36-20-10-12-22-43(36)56(44)51-53-41(33-16-6-2-7-17-33)31-42(54-51)34-18-8-3-9-19-34/h1-31H. The molecule has 0 spiro atoms. The smallest absolute Gasteiger partial charge is 0.235 e. The summed E-state index contributed by atoms with van der Waals surface area (Å²) in [5.74, 6) is 0.634. The molecule has 0 aliphatic carbocycles. The van der Waals surface area contributed by atoms with E-state index in [-0.39, 0.29) is 0 Å². The molecule has 5 aromatic heterocycles. The van der Waals surface area contributed by atoms with E-state index in [4.69, 9.17) is 15.0 Å². The number of hydrogen-bond acceptors (Lipinski definition) is 4. The van der Waals surface area contributed by atoms with Crippen molar-refractivity contribution >= 4 is 75.3 Å². The van der Waals surface area contributed by atoms with Crippen LogP contribution in [-0.2, 0) is 0 Å². The van der Waals surface area contributed by atoms with Crippen molar-refractivity contribution in [2.45, 2.75) is 0 Å². The first kappa shape index (κ1) is 31.9. The van der Waals surface area contributed by atoms with Gasteiger partial charge >= 0.3 is 0 Å². The van der Waals surface area contributed by atoms with Gasteiger partial charge in [-0.15, -0.1) is 11.3 Å². The van der Waals surface area contributed by atoms with Gasteiger partial charge in [0.15, 0.2) is 0 Å². The fourth-order valence-corrected chi connectivity index (χ4v) is 9.68. The SMILES string of the molecule is c1ccc(-c2cc(-c3ccccc3)nc(-n3c4ccccc4c4cc(-n5c6ccc(-c7ccccc7)nc6c6ccc7sc8ccccc8c7c65)ccc43)n2)cc1. The molecule has 0 aliphatic rings. The molecule has 0 unspecified atom stereocenters.